The van der Waals surface area contributed by atoms with Gasteiger partial charge in [-0.15, -0.1) is 0 Å². The SMILES string of the molecule is COc1cncc(-c2cncc(Nc3cccc([N+](=O)[O-])c3)c2)c1. The molecule has 0 spiro atoms. The highest BCUT2D eigenvalue weighted by atomic mass is 16.6. The Hall–Kier alpha value is -3.48. The third kappa shape index (κ3) is 3.46. The van der Waals surface area contributed by atoms with Crippen molar-refractivity contribution >= 4 is 17.1 Å². The number of nitrogens with zero attached hydrogens (tertiary/aromatic N) is 3. The maximum atomic E-state index is 10.9. The van der Waals surface area contributed by atoms with Gasteiger partial charge in [-0.1, -0.05) is 6.07 Å². The van der Waals surface area contributed by atoms with Crippen molar-refractivity contribution in [2.24, 2.45) is 0 Å². The minimum Gasteiger partial charge on any atom is -0.495 e. The Labute approximate surface area is 138 Å². The summed E-state index contributed by atoms with van der Waals surface area (Å²) in [5, 5.41) is 14.0. The minimum atomic E-state index is -0.429. The predicted octanol–water partition coefficient (Wildman–Crippen LogP) is 3.80. The van der Waals surface area contributed by atoms with E-state index in [1.165, 1.54) is 12.1 Å². The summed E-state index contributed by atoms with van der Waals surface area (Å²) in [5.41, 5.74) is 3.09. The first-order chi connectivity index (χ1) is 11.7. The van der Waals surface area contributed by atoms with Crippen molar-refractivity contribution in [3.8, 4) is 16.9 Å². The topological polar surface area (TPSA) is 90.2 Å². The predicted molar refractivity (Wildman–Crippen MR) is 90.4 cm³/mol. The Kier molecular flexibility index (Phi) is 4.33. The summed E-state index contributed by atoms with van der Waals surface area (Å²) in [5.74, 6) is 0.657. The van der Waals surface area contributed by atoms with E-state index in [0.29, 0.717) is 11.4 Å². The van der Waals surface area contributed by atoms with Crippen molar-refractivity contribution < 1.29 is 9.66 Å². The monoisotopic (exact) mass is 322 g/mol. The van der Waals surface area contributed by atoms with Gasteiger partial charge in [-0.05, 0) is 18.2 Å². The minimum absolute atomic E-state index is 0.0288. The van der Waals surface area contributed by atoms with Gasteiger partial charge in [0.15, 0.2) is 0 Å². The maximum Gasteiger partial charge on any atom is 0.271 e. The van der Waals surface area contributed by atoms with Gasteiger partial charge in [-0.3, -0.25) is 20.1 Å². The molecule has 0 aliphatic carbocycles. The second kappa shape index (κ2) is 6.74. The van der Waals surface area contributed by atoms with Crippen LogP contribution >= 0.6 is 0 Å². The first kappa shape index (κ1) is 15.4. The molecule has 2 aromatic heterocycles. The van der Waals surface area contributed by atoms with E-state index in [1.807, 2.05) is 12.1 Å². The fraction of sp³-hybridized carbons (Fsp3) is 0.0588. The van der Waals surface area contributed by atoms with Crippen LogP contribution in [0.15, 0.2) is 61.2 Å². The van der Waals surface area contributed by atoms with Crippen molar-refractivity contribution in [3.63, 3.8) is 0 Å². The van der Waals surface area contributed by atoms with Crippen molar-refractivity contribution in [1.29, 1.82) is 0 Å². The number of nitrogens with one attached hydrogen (secondary N) is 1. The van der Waals surface area contributed by atoms with Crippen LogP contribution in [0.25, 0.3) is 11.1 Å². The highest BCUT2D eigenvalue weighted by Crippen LogP contribution is 2.26. The number of methoxy groups -OCH3 is 1. The molecule has 0 bridgehead atoms. The molecule has 0 saturated heterocycles. The van der Waals surface area contributed by atoms with Crippen LogP contribution in [-0.2, 0) is 0 Å². The molecule has 1 N–H and O–H groups in total. The zero-order chi connectivity index (χ0) is 16.9. The van der Waals surface area contributed by atoms with Crippen LogP contribution in [0, 0.1) is 10.1 Å². The molecule has 0 saturated carbocycles. The van der Waals surface area contributed by atoms with Crippen LogP contribution in [0.4, 0.5) is 17.1 Å². The fourth-order valence-electron chi connectivity index (χ4n) is 2.22. The molecule has 3 rings (SSSR count). The van der Waals surface area contributed by atoms with Crippen LogP contribution < -0.4 is 10.1 Å². The highest BCUT2D eigenvalue weighted by molar-refractivity contribution is 5.70. The second-order valence-corrected chi connectivity index (χ2v) is 5.01. The van der Waals surface area contributed by atoms with Crippen molar-refractivity contribution in [1.82, 2.24) is 9.97 Å². The van der Waals surface area contributed by atoms with Crippen LogP contribution in [0.5, 0.6) is 5.75 Å². The van der Waals surface area contributed by atoms with Crippen molar-refractivity contribution in [2.45, 2.75) is 0 Å². The molecular weight excluding hydrogens is 308 g/mol. The number of nitro benzene ring substituents is 1. The van der Waals surface area contributed by atoms with Gasteiger partial charge in [0.2, 0.25) is 0 Å². The molecule has 0 aliphatic heterocycles. The van der Waals surface area contributed by atoms with Crippen LogP contribution in [0.2, 0.25) is 0 Å². The van der Waals surface area contributed by atoms with Gasteiger partial charge in [-0.25, -0.2) is 0 Å². The molecule has 0 amide bonds. The molecule has 24 heavy (non-hydrogen) atoms. The lowest BCUT2D eigenvalue weighted by Gasteiger charge is -2.08. The number of non-ortho nitro benzene ring substituents is 1. The van der Waals surface area contributed by atoms with E-state index in [1.54, 1.807) is 44.0 Å². The lowest BCUT2D eigenvalue weighted by Crippen LogP contribution is -1.94. The largest absolute Gasteiger partial charge is 0.495 e. The smallest absolute Gasteiger partial charge is 0.271 e. The molecule has 1 aromatic carbocycles. The molecule has 120 valence electrons. The molecule has 0 unspecified atom stereocenters. The number of hydrogen-bond donors (Lipinski definition) is 1. The van der Waals surface area contributed by atoms with Crippen LogP contribution in [0.3, 0.4) is 0 Å². The highest BCUT2D eigenvalue weighted by Gasteiger charge is 2.07. The summed E-state index contributed by atoms with van der Waals surface area (Å²) >= 11 is 0. The van der Waals surface area contributed by atoms with Crippen LogP contribution in [0.1, 0.15) is 0 Å². The van der Waals surface area contributed by atoms with Gasteiger partial charge in [0.1, 0.15) is 5.75 Å². The number of pyridine rings is 2. The summed E-state index contributed by atoms with van der Waals surface area (Å²) in [6.07, 6.45) is 6.71. The molecule has 0 fully saturated rings. The summed E-state index contributed by atoms with van der Waals surface area (Å²) < 4.78 is 5.18. The molecule has 2 heterocycles. The third-order valence-corrected chi connectivity index (χ3v) is 3.37. The van der Waals surface area contributed by atoms with Crippen LogP contribution in [-0.4, -0.2) is 22.0 Å². The lowest BCUT2D eigenvalue weighted by atomic mass is 10.1. The summed E-state index contributed by atoms with van der Waals surface area (Å²) in [7, 11) is 1.58. The number of aromatic nitrogens is 2. The number of anilines is 2. The lowest BCUT2D eigenvalue weighted by molar-refractivity contribution is -0.384. The zero-order valence-corrected chi connectivity index (χ0v) is 12.8. The first-order valence-electron chi connectivity index (χ1n) is 7.11. The summed E-state index contributed by atoms with van der Waals surface area (Å²) in [6.45, 7) is 0. The standard InChI is InChI=1S/C17H14N4O3/c1-24-17-6-13(9-19-11-17)12-5-15(10-18-8-12)20-14-3-2-4-16(7-14)21(22)23/h2-11,20H,1H3. The molecule has 7 heteroatoms. The van der Waals surface area contributed by atoms with E-state index in [9.17, 15) is 10.1 Å². The van der Waals surface area contributed by atoms with Gasteiger partial charge >= 0.3 is 0 Å². The molecule has 7 nitrogen and oxygen atoms in total. The van der Waals surface area contributed by atoms with Gasteiger partial charge in [0.25, 0.3) is 5.69 Å². The maximum absolute atomic E-state index is 10.9. The van der Waals surface area contributed by atoms with E-state index in [2.05, 4.69) is 15.3 Å². The quantitative estimate of drug-likeness (QED) is 0.567. The molecule has 0 atom stereocenters. The average Bonchev–Trinajstić information content (AvgIpc) is 2.62. The Morgan fingerprint density at radius 2 is 1.75 bits per heavy atom. The Morgan fingerprint density at radius 3 is 2.50 bits per heavy atom. The normalized spacial score (nSPS) is 10.2. The van der Waals surface area contributed by atoms with Gasteiger partial charge in [-0.2, -0.15) is 0 Å². The van der Waals surface area contributed by atoms with E-state index >= 15 is 0 Å². The summed E-state index contributed by atoms with van der Waals surface area (Å²) in [4.78, 5) is 18.8. The van der Waals surface area contributed by atoms with Crippen molar-refractivity contribution in [2.75, 3.05) is 12.4 Å². The number of nitro groups is 1. The Balaban J connectivity index is 1.88. The first-order valence-corrected chi connectivity index (χ1v) is 7.11. The molecule has 0 aliphatic rings. The van der Waals surface area contributed by atoms with E-state index in [-0.39, 0.29) is 5.69 Å². The average molecular weight is 322 g/mol. The Morgan fingerprint density at radius 1 is 1.00 bits per heavy atom. The Bertz CT molecular complexity index is 883. The number of ether oxygens (including phenoxy) is 1. The van der Waals surface area contributed by atoms with E-state index in [0.717, 1.165) is 16.8 Å². The molecule has 3 aromatic rings. The second-order valence-electron chi connectivity index (χ2n) is 5.01. The zero-order valence-electron chi connectivity index (χ0n) is 12.8. The van der Waals surface area contributed by atoms with Gasteiger partial charge in [0, 0.05) is 41.3 Å². The van der Waals surface area contributed by atoms with Gasteiger partial charge in [0.05, 0.1) is 30.1 Å². The third-order valence-electron chi connectivity index (χ3n) is 3.37. The van der Waals surface area contributed by atoms with E-state index < -0.39 is 4.92 Å². The number of rotatable bonds is 5. The summed E-state index contributed by atoms with van der Waals surface area (Å²) in [6, 6.07) is 10.1. The number of hydrogen-bond acceptors (Lipinski definition) is 6. The molecular formula is C17H14N4O3. The van der Waals surface area contributed by atoms with Gasteiger partial charge < -0.3 is 10.1 Å². The van der Waals surface area contributed by atoms with Crippen molar-refractivity contribution in [3.05, 3.63) is 71.3 Å². The fourth-order valence-corrected chi connectivity index (χ4v) is 2.22. The number of benzene rings is 1. The molecule has 0 radical (unpaired) electrons. The van der Waals surface area contributed by atoms with E-state index in [4.69, 9.17) is 4.74 Å².